The highest BCUT2D eigenvalue weighted by molar-refractivity contribution is 5.76. The van der Waals surface area contributed by atoms with Crippen LogP contribution in [0.15, 0.2) is 0 Å². The monoisotopic (exact) mass is 598 g/mol. The van der Waals surface area contributed by atoms with E-state index in [-0.39, 0.29) is 6.41 Å². The normalized spacial score (nSPS) is 44.8. The first-order valence-electron chi connectivity index (χ1n) is 12.9. The van der Waals surface area contributed by atoms with E-state index in [0.29, 0.717) is 0 Å². The molecule has 3 aliphatic heterocycles. The van der Waals surface area contributed by atoms with Crippen LogP contribution in [-0.2, 0) is 38.1 Å². The number of rotatable bonds is 10. The topological polar surface area (TPSA) is 283 Å². The molecule has 2 amide bonds. The van der Waals surface area contributed by atoms with Crippen molar-refractivity contribution in [3.8, 4) is 0 Å². The second-order valence-corrected chi connectivity index (χ2v) is 10.3. The smallest absolute Gasteiger partial charge is 0.364 e. The molecule has 3 saturated heterocycles. The van der Waals surface area contributed by atoms with E-state index in [4.69, 9.17) is 23.7 Å². The molecular formula is C23H38N2O16. The van der Waals surface area contributed by atoms with Gasteiger partial charge in [-0.3, -0.25) is 9.59 Å². The van der Waals surface area contributed by atoms with Crippen LogP contribution in [0.1, 0.15) is 27.2 Å². The molecule has 0 unspecified atom stereocenters. The second kappa shape index (κ2) is 13.5. The van der Waals surface area contributed by atoms with Gasteiger partial charge < -0.3 is 75.2 Å². The number of ether oxygens (including phenoxy) is 5. The Hall–Kier alpha value is -2.07. The maximum atomic E-state index is 12.3. The summed E-state index contributed by atoms with van der Waals surface area (Å²) in [5, 5.41) is 87.8. The fourth-order valence-corrected chi connectivity index (χ4v) is 5.06. The van der Waals surface area contributed by atoms with Gasteiger partial charge in [0.05, 0.1) is 31.0 Å². The lowest BCUT2D eigenvalue weighted by molar-refractivity contribution is -0.365. The first kappa shape index (κ1) is 33.4. The van der Waals surface area contributed by atoms with E-state index in [2.05, 4.69) is 10.6 Å². The standard InChI is InChI=1S/C23H38N2O16/c1-7(27)12(24-6-26)19-15(31)10(29)4-23(41-19,22(35)36)40-11-5-37-21(17(33)16(11)32)39-18-13(25-9(3)28)20(34)38-8(2)14(18)30/h6-8,10-21,27,29-34H,4-5H2,1-3H3,(H,24,26)(H,25,28)(H,35,36)/t7-,8+,10-,11+,12-,13+,14-,15-,16-,17+,18+,19-,20+,21-,23-/m0/s1. The molecule has 0 aromatic rings. The van der Waals surface area contributed by atoms with Gasteiger partial charge in [-0.1, -0.05) is 0 Å². The van der Waals surface area contributed by atoms with Crippen LogP contribution in [-0.4, -0.2) is 157 Å². The molecule has 0 aromatic carbocycles. The van der Waals surface area contributed by atoms with Gasteiger partial charge in [0.2, 0.25) is 12.3 Å². The van der Waals surface area contributed by atoms with Gasteiger partial charge in [0.25, 0.3) is 5.79 Å². The first-order valence-corrected chi connectivity index (χ1v) is 12.9. The van der Waals surface area contributed by atoms with Gasteiger partial charge in [0.1, 0.15) is 48.8 Å². The first-order chi connectivity index (χ1) is 19.1. The maximum absolute atomic E-state index is 12.3. The molecule has 0 bridgehead atoms. The number of carbonyl (C=O) groups is 3. The average Bonchev–Trinajstić information content (AvgIpc) is 2.89. The van der Waals surface area contributed by atoms with Gasteiger partial charge in [-0.05, 0) is 13.8 Å². The third-order valence-electron chi connectivity index (χ3n) is 7.27. The van der Waals surface area contributed by atoms with Gasteiger partial charge in [-0.2, -0.15) is 0 Å². The van der Waals surface area contributed by atoms with Gasteiger partial charge >= 0.3 is 5.97 Å². The molecule has 0 aliphatic carbocycles. The number of nitrogens with one attached hydrogen (secondary N) is 2. The van der Waals surface area contributed by atoms with Crippen molar-refractivity contribution in [3.05, 3.63) is 0 Å². The quantitative estimate of drug-likeness (QED) is 0.105. The van der Waals surface area contributed by atoms with Crippen molar-refractivity contribution in [2.45, 2.75) is 119 Å². The summed E-state index contributed by atoms with van der Waals surface area (Å²) < 4.78 is 27.3. The van der Waals surface area contributed by atoms with Gasteiger partial charge in [0.15, 0.2) is 12.6 Å². The lowest BCUT2D eigenvalue weighted by atomic mass is 9.89. The number of carboxylic acid groups (broad SMARTS) is 1. The van der Waals surface area contributed by atoms with Crippen molar-refractivity contribution in [1.29, 1.82) is 0 Å². The molecule has 15 atom stereocenters. The molecule has 41 heavy (non-hydrogen) atoms. The predicted octanol–water partition coefficient (Wildman–Crippen LogP) is -5.78. The molecule has 0 radical (unpaired) electrons. The SMILES string of the molecule is CC(=O)N[C@@H]1[C@@H](O[C@@H]2OC[C@@H](O[C@@]3(C(=O)O)C[C@H](O)[C@H](O)[C@H]([C@@H](NC=O)[C@H](C)O)O3)[C@H](O)[C@H]2O)[C@@H](O)[C@@H](C)O[C@H]1O. The Labute approximate surface area is 233 Å². The van der Waals surface area contributed by atoms with Crippen LogP contribution in [0.5, 0.6) is 0 Å². The van der Waals surface area contributed by atoms with Crippen molar-refractivity contribution < 1.29 is 78.9 Å². The van der Waals surface area contributed by atoms with Crippen LogP contribution in [0.4, 0.5) is 0 Å². The highest BCUT2D eigenvalue weighted by Crippen LogP contribution is 2.36. The van der Waals surface area contributed by atoms with Crippen molar-refractivity contribution in [1.82, 2.24) is 10.6 Å². The summed E-state index contributed by atoms with van der Waals surface area (Å²) in [6.45, 7) is 3.17. The summed E-state index contributed by atoms with van der Waals surface area (Å²) in [6.07, 6.45) is -19.8. The van der Waals surface area contributed by atoms with Crippen molar-refractivity contribution >= 4 is 18.3 Å². The number of aliphatic carboxylic acids is 1. The van der Waals surface area contributed by atoms with E-state index in [1.54, 1.807) is 0 Å². The van der Waals surface area contributed by atoms with Crippen molar-refractivity contribution in [3.63, 3.8) is 0 Å². The molecule has 18 nitrogen and oxygen atoms in total. The molecule has 3 rings (SSSR count). The summed E-state index contributed by atoms with van der Waals surface area (Å²) in [6, 6.07) is -2.67. The highest BCUT2D eigenvalue weighted by Gasteiger charge is 2.58. The second-order valence-electron chi connectivity index (χ2n) is 10.3. The number of carbonyl (C=O) groups excluding carboxylic acids is 2. The Morgan fingerprint density at radius 2 is 1.73 bits per heavy atom. The minimum Gasteiger partial charge on any atom is -0.477 e. The van der Waals surface area contributed by atoms with Crippen molar-refractivity contribution in [2.24, 2.45) is 0 Å². The van der Waals surface area contributed by atoms with E-state index >= 15 is 0 Å². The molecule has 3 heterocycles. The lowest BCUT2D eigenvalue weighted by Crippen LogP contribution is -2.68. The van der Waals surface area contributed by atoms with Gasteiger partial charge in [-0.15, -0.1) is 0 Å². The van der Waals surface area contributed by atoms with Crippen LogP contribution in [0.2, 0.25) is 0 Å². The molecule has 236 valence electrons. The number of aliphatic hydroxyl groups excluding tert-OH is 7. The highest BCUT2D eigenvalue weighted by atomic mass is 16.8. The average molecular weight is 599 g/mol. The van der Waals surface area contributed by atoms with E-state index < -0.39 is 116 Å². The molecule has 0 spiro atoms. The Morgan fingerprint density at radius 3 is 2.29 bits per heavy atom. The minimum absolute atomic E-state index is 0.179. The van der Waals surface area contributed by atoms with Gasteiger partial charge in [-0.25, -0.2) is 4.79 Å². The number of amides is 2. The van der Waals surface area contributed by atoms with Crippen LogP contribution in [0, 0.1) is 0 Å². The zero-order valence-electron chi connectivity index (χ0n) is 22.4. The minimum atomic E-state index is -2.74. The lowest BCUT2D eigenvalue weighted by Gasteiger charge is -2.48. The van der Waals surface area contributed by atoms with Crippen LogP contribution in [0.25, 0.3) is 0 Å². The Morgan fingerprint density at radius 1 is 1.07 bits per heavy atom. The zero-order valence-corrected chi connectivity index (χ0v) is 22.4. The van der Waals surface area contributed by atoms with Crippen LogP contribution < -0.4 is 10.6 Å². The van der Waals surface area contributed by atoms with E-state index in [0.717, 1.165) is 6.92 Å². The molecule has 18 heteroatoms. The molecule has 0 aromatic heterocycles. The third kappa shape index (κ3) is 7.12. The zero-order chi connectivity index (χ0) is 30.8. The Kier molecular flexibility index (Phi) is 11.0. The molecule has 3 fully saturated rings. The molecule has 3 aliphatic rings. The Balaban J connectivity index is 1.78. The summed E-state index contributed by atoms with van der Waals surface area (Å²) in [7, 11) is 0. The summed E-state index contributed by atoms with van der Waals surface area (Å²) >= 11 is 0. The molecule has 10 N–H and O–H groups in total. The third-order valence-corrected chi connectivity index (χ3v) is 7.27. The summed E-state index contributed by atoms with van der Waals surface area (Å²) in [4.78, 5) is 35.0. The number of hydrogen-bond acceptors (Lipinski definition) is 15. The van der Waals surface area contributed by atoms with E-state index in [1.165, 1.54) is 13.8 Å². The van der Waals surface area contributed by atoms with Crippen molar-refractivity contribution in [2.75, 3.05) is 6.61 Å². The van der Waals surface area contributed by atoms with Gasteiger partial charge in [0, 0.05) is 13.3 Å². The summed E-state index contributed by atoms with van der Waals surface area (Å²) in [5.74, 6) is -5.13. The molecular weight excluding hydrogens is 560 g/mol. The Bertz CT molecular complexity index is 926. The predicted molar refractivity (Wildman–Crippen MR) is 128 cm³/mol. The van der Waals surface area contributed by atoms with E-state index in [1.807, 2.05) is 0 Å². The fourth-order valence-electron chi connectivity index (χ4n) is 5.06. The fraction of sp³-hybridized carbons (Fsp3) is 0.870. The summed E-state index contributed by atoms with van der Waals surface area (Å²) in [5.41, 5.74) is 0. The van der Waals surface area contributed by atoms with E-state index in [9.17, 15) is 55.2 Å². The number of carboxylic acids is 1. The van der Waals surface area contributed by atoms with Crippen LogP contribution >= 0.6 is 0 Å². The number of hydrogen-bond donors (Lipinski definition) is 10. The van der Waals surface area contributed by atoms with Crippen LogP contribution in [0.3, 0.4) is 0 Å². The molecule has 0 saturated carbocycles. The number of aliphatic hydroxyl groups is 7. The largest absolute Gasteiger partial charge is 0.477 e. The maximum Gasteiger partial charge on any atom is 0.364 e.